The summed E-state index contributed by atoms with van der Waals surface area (Å²) < 4.78 is 47.1. The van der Waals surface area contributed by atoms with Crippen molar-refractivity contribution in [3.8, 4) is 0 Å². The zero-order valence-corrected chi connectivity index (χ0v) is 14.2. The molecule has 2 rings (SSSR count). The van der Waals surface area contributed by atoms with E-state index in [0.717, 1.165) is 51.4 Å². The zero-order valence-electron chi connectivity index (χ0n) is 14.2. The normalized spacial score (nSPS) is 31.0. The lowest BCUT2D eigenvalue weighted by atomic mass is 9.92. The van der Waals surface area contributed by atoms with Gasteiger partial charge in [-0.3, -0.25) is 0 Å². The van der Waals surface area contributed by atoms with Crippen molar-refractivity contribution < 1.29 is 17.6 Å². The van der Waals surface area contributed by atoms with E-state index in [1.165, 1.54) is 0 Å². The molecule has 2 fully saturated rings. The molecular formula is C16H32F4N4. The Bertz CT molecular complexity index is 274. The Kier molecular flexibility index (Phi) is 10.8. The van der Waals surface area contributed by atoms with Crippen LogP contribution in [0.4, 0.5) is 17.6 Å². The molecule has 144 valence electrons. The Morgan fingerprint density at radius 3 is 1.17 bits per heavy atom. The van der Waals surface area contributed by atoms with Crippen molar-refractivity contribution in [2.75, 3.05) is 13.1 Å². The summed E-state index contributed by atoms with van der Waals surface area (Å²) in [5.41, 5.74) is 11.4. The second-order valence-electron chi connectivity index (χ2n) is 6.82. The summed E-state index contributed by atoms with van der Waals surface area (Å²) in [5, 5.41) is 5.67. The number of hydrogen-bond donors (Lipinski definition) is 4. The maximum atomic E-state index is 11.8. The van der Waals surface area contributed by atoms with Gasteiger partial charge < -0.3 is 22.1 Å². The largest absolute Gasteiger partial charge is 0.328 e. The van der Waals surface area contributed by atoms with Crippen LogP contribution in [-0.4, -0.2) is 50.1 Å². The van der Waals surface area contributed by atoms with Crippen molar-refractivity contribution in [1.29, 1.82) is 0 Å². The van der Waals surface area contributed by atoms with Gasteiger partial charge in [-0.2, -0.15) is 0 Å². The second-order valence-corrected chi connectivity index (χ2v) is 6.82. The predicted molar refractivity (Wildman–Crippen MR) is 88.5 cm³/mol. The standard InChI is InChI=1S/2C8H16F2N2/c2*9-8(10)5-12-7-3-1-6(11)2-4-7/h2*6-8,12H,1-5,11H2. The molecule has 0 radical (unpaired) electrons. The number of hydrogen-bond acceptors (Lipinski definition) is 4. The third-order valence-electron chi connectivity index (χ3n) is 4.67. The Morgan fingerprint density at radius 2 is 0.917 bits per heavy atom. The molecule has 2 aliphatic carbocycles. The van der Waals surface area contributed by atoms with Crippen LogP contribution in [0.1, 0.15) is 51.4 Å². The summed E-state index contributed by atoms with van der Waals surface area (Å²) in [4.78, 5) is 0. The van der Waals surface area contributed by atoms with Gasteiger partial charge in [0, 0.05) is 24.2 Å². The first-order chi connectivity index (χ1) is 11.4. The first-order valence-corrected chi connectivity index (χ1v) is 8.91. The van der Waals surface area contributed by atoms with Crippen LogP contribution in [0.2, 0.25) is 0 Å². The summed E-state index contributed by atoms with van der Waals surface area (Å²) >= 11 is 0. The van der Waals surface area contributed by atoms with Crippen LogP contribution in [0.25, 0.3) is 0 Å². The van der Waals surface area contributed by atoms with E-state index in [2.05, 4.69) is 10.6 Å². The highest BCUT2D eigenvalue weighted by Gasteiger charge is 2.19. The molecule has 0 spiro atoms. The summed E-state index contributed by atoms with van der Waals surface area (Å²) in [6, 6.07) is 1.10. The molecule has 6 N–H and O–H groups in total. The Labute approximate surface area is 142 Å². The fourth-order valence-corrected chi connectivity index (χ4v) is 3.16. The number of nitrogens with one attached hydrogen (secondary N) is 2. The minimum atomic E-state index is -2.24. The van der Waals surface area contributed by atoms with Crippen LogP contribution >= 0.6 is 0 Å². The summed E-state index contributed by atoms with van der Waals surface area (Å²) in [7, 11) is 0. The lowest BCUT2D eigenvalue weighted by Gasteiger charge is -2.26. The van der Waals surface area contributed by atoms with Gasteiger partial charge in [-0.25, -0.2) is 17.6 Å². The van der Waals surface area contributed by atoms with Gasteiger partial charge >= 0.3 is 0 Å². The second kappa shape index (κ2) is 12.0. The van der Waals surface area contributed by atoms with E-state index >= 15 is 0 Å². The molecule has 0 heterocycles. The lowest BCUT2D eigenvalue weighted by Crippen LogP contribution is -2.39. The van der Waals surface area contributed by atoms with Crippen LogP contribution in [0.5, 0.6) is 0 Å². The Morgan fingerprint density at radius 1 is 0.625 bits per heavy atom. The molecule has 0 atom stereocenters. The van der Waals surface area contributed by atoms with Gasteiger partial charge in [0.25, 0.3) is 12.9 Å². The van der Waals surface area contributed by atoms with Crippen molar-refractivity contribution in [2.24, 2.45) is 11.5 Å². The van der Waals surface area contributed by atoms with Crippen molar-refractivity contribution in [3.63, 3.8) is 0 Å². The quantitative estimate of drug-likeness (QED) is 0.551. The minimum absolute atomic E-state index is 0.181. The van der Waals surface area contributed by atoms with Crippen LogP contribution in [-0.2, 0) is 0 Å². The first-order valence-electron chi connectivity index (χ1n) is 8.91. The third-order valence-corrected chi connectivity index (χ3v) is 4.67. The average molecular weight is 356 g/mol. The van der Waals surface area contributed by atoms with Gasteiger partial charge in [0.15, 0.2) is 0 Å². The van der Waals surface area contributed by atoms with Crippen molar-refractivity contribution >= 4 is 0 Å². The first kappa shape index (κ1) is 21.6. The molecule has 0 unspecified atom stereocenters. The molecule has 8 heteroatoms. The van der Waals surface area contributed by atoms with Crippen molar-refractivity contribution in [3.05, 3.63) is 0 Å². The van der Waals surface area contributed by atoms with E-state index in [4.69, 9.17) is 11.5 Å². The van der Waals surface area contributed by atoms with Gasteiger partial charge in [-0.1, -0.05) is 0 Å². The molecule has 2 saturated carbocycles. The highest BCUT2D eigenvalue weighted by atomic mass is 19.3. The van der Waals surface area contributed by atoms with Crippen molar-refractivity contribution in [1.82, 2.24) is 10.6 Å². The maximum absolute atomic E-state index is 11.8. The molecule has 2 aliphatic rings. The van der Waals surface area contributed by atoms with E-state index in [0.29, 0.717) is 0 Å². The van der Waals surface area contributed by atoms with Gasteiger partial charge in [0.2, 0.25) is 0 Å². The zero-order chi connectivity index (χ0) is 17.9. The molecule has 24 heavy (non-hydrogen) atoms. The fourth-order valence-electron chi connectivity index (χ4n) is 3.16. The van der Waals surface area contributed by atoms with Crippen LogP contribution in [0.15, 0.2) is 0 Å². The van der Waals surface area contributed by atoms with Crippen molar-refractivity contribution in [2.45, 2.75) is 88.4 Å². The summed E-state index contributed by atoms with van der Waals surface area (Å²) in [6.07, 6.45) is 3.12. The molecule has 0 bridgehead atoms. The molecule has 0 saturated heterocycles. The van der Waals surface area contributed by atoms with E-state index in [-0.39, 0.29) is 37.3 Å². The topological polar surface area (TPSA) is 76.1 Å². The van der Waals surface area contributed by atoms with E-state index < -0.39 is 12.9 Å². The van der Waals surface area contributed by atoms with E-state index in [1.807, 2.05) is 0 Å². The maximum Gasteiger partial charge on any atom is 0.250 e. The van der Waals surface area contributed by atoms with Gasteiger partial charge in [-0.15, -0.1) is 0 Å². The third kappa shape index (κ3) is 10.4. The van der Waals surface area contributed by atoms with Gasteiger partial charge in [0.1, 0.15) is 0 Å². The Balaban J connectivity index is 0.000000240. The van der Waals surface area contributed by atoms with Crippen LogP contribution < -0.4 is 22.1 Å². The molecule has 4 nitrogen and oxygen atoms in total. The highest BCUT2D eigenvalue weighted by molar-refractivity contribution is 4.79. The van der Waals surface area contributed by atoms with Gasteiger partial charge in [0.05, 0.1) is 13.1 Å². The number of halogens is 4. The predicted octanol–water partition coefficient (Wildman–Crippen LogP) is 2.22. The molecule has 0 aromatic carbocycles. The Hall–Kier alpha value is -0.440. The van der Waals surface area contributed by atoms with Gasteiger partial charge in [-0.05, 0) is 51.4 Å². The molecular weight excluding hydrogens is 324 g/mol. The molecule has 0 aromatic heterocycles. The highest BCUT2D eigenvalue weighted by Crippen LogP contribution is 2.17. The molecule has 0 amide bonds. The van der Waals surface area contributed by atoms with Crippen LogP contribution in [0.3, 0.4) is 0 Å². The van der Waals surface area contributed by atoms with E-state index in [1.54, 1.807) is 0 Å². The lowest BCUT2D eigenvalue weighted by molar-refractivity contribution is 0.137. The number of nitrogens with two attached hydrogens (primary N) is 2. The summed E-state index contributed by atoms with van der Waals surface area (Å²) in [5.74, 6) is 0. The molecule has 0 aliphatic heterocycles. The van der Waals surface area contributed by atoms with Crippen LogP contribution in [0, 0.1) is 0 Å². The minimum Gasteiger partial charge on any atom is -0.328 e. The smallest absolute Gasteiger partial charge is 0.250 e. The van der Waals surface area contributed by atoms with E-state index in [9.17, 15) is 17.6 Å². The monoisotopic (exact) mass is 356 g/mol. The molecule has 0 aromatic rings. The fraction of sp³-hybridized carbons (Fsp3) is 1.00. The average Bonchev–Trinajstić information content (AvgIpc) is 2.54. The SMILES string of the molecule is NC1CCC(NCC(F)F)CC1.NC1CCC(NCC(F)F)CC1. The number of alkyl halides is 4. The summed E-state index contributed by atoms with van der Waals surface area (Å²) in [6.45, 7) is -0.361. The number of rotatable bonds is 6.